The van der Waals surface area contributed by atoms with Gasteiger partial charge in [-0.15, -0.1) is 5.10 Å². The number of hydrogen-bond acceptors (Lipinski definition) is 7. The number of anilines is 1. The maximum Gasteiger partial charge on any atom is 0.398 e. The van der Waals surface area contributed by atoms with Crippen molar-refractivity contribution in [3.8, 4) is 0 Å². The molecular formula is C33H40ClF3N4O5. The van der Waals surface area contributed by atoms with Gasteiger partial charge in [0.05, 0.1) is 33.7 Å². The molecule has 9 nitrogen and oxygen atoms in total. The first-order chi connectivity index (χ1) is 21.6. The molecule has 0 spiro atoms. The number of halogens is 4. The third-order valence-electron chi connectivity index (χ3n) is 9.86. The van der Waals surface area contributed by atoms with Crippen LogP contribution in [0.15, 0.2) is 18.2 Å². The minimum Gasteiger partial charge on any atom is -0.460 e. The van der Waals surface area contributed by atoms with Gasteiger partial charge >= 0.3 is 12.1 Å². The molecule has 46 heavy (non-hydrogen) atoms. The molecule has 1 aromatic heterocycles. The van der Waals surface area contributed by atoms with Crippen LogP contribution in [0, 0.1) is 11.8 Å². The van der Waals surface area contributed by atoms with Crippen molar-refractivity contribution >= 4 is 35.2 Å². The zero-order valence-corrected chi connectivity index (χ0v) is 27.3. The highest BCUT2D eigenvalue weighted by atomic mass is 35.5. The van der Waals surface area contributed by atoms with Crippen LogP contribution in [0.3, 0.4) is 0 Å². The molecule has 6 rings (SSSR count). The van der Waals surface area contributed by atoms with Gasteiger partial charge < -0.3 is 19.3 Å². The number of piperidine rings is 1. The van der Waals surface area contributed by atoms with Crippen molar-refractivity contribution in [3.63, 3.8) is 0 Å². The monoisotopic (exact) mass is 664 g/mol. The number of carbonyl (C=O) groups is 3. The first kappa shape index (κ1) is 32.8. The second-order valence-corrected chi connectivity index (χ2v) is 14.5. The molecule has 2 saturated heterocycles. The number of benzene rings is 1. The summed E-state index contributed by atoms with van der Waals surface area (Å²) < 4.78 is 55.0. The van der Waals surface area contributed by atoms with E-state index in [1.54, 1.807) is 12.0 Å². The van der Waals surface area contributed by atoms with Gasteiger partial charge in [-0.1, -0.05) is 23.7 Å². The molecule has 1 atom stereocenters. The molecule has 1 unspecified atom stereocenters. The number of aromatic nitrogens is 2. The van der Waals surface area contributed by atoms with E-state index < -0.39 is 29.0 Å². The lowest BCUT2D eigenvalue weighted by Crippen LogP contribution is -2.56. The Kier molecular flexibility index (Phi) is 8.45. The van der Waals surface area contributed by atoms with E-state index in [0.717, 1.165) is 5.56 Å². The summed E-state index contributed by atoms with van der Waals surface area (Å²) in [6.45, 7) is 7.46. The van der Waals surface area contributed by atoms with E-state index >= 15 is 0 Å². The Morgan fingerprint density at radius 3 is 2.28 bits per heavy atom. The van der Waals surface area contributed by atoms with Crippen molar-refractivity contribution < 1.29 is 37.0 Å². The molecule has 4 aliphatic rings. The molecule has 0 radical (unpaired) electrons. The number of fused-ring (bicyclic) bond motifs is 1. The van der Waals surface area contributed by atoms with Crippen LogP contribution in [-0.2, 0) is 37.3 Å². The number of nitrogens with zero attached hydrogens (tertiary/aromatic N) is 4. The maximum absolute atomic E-state index is 14.3. The molecule has 1 amide bonds. The van der Waals surface area contributed by atoms with Crippen LogP contribution in [0.2, 0.25) is 5.02 Å². The Labute approximate surface area is 271 Å². The summed E-state index contributed by atoms with van der Waals surface area (Å²) in [6.07, 6.45) is -2.49. The van der Waals surface area contributed by atoms with Gasteiger partial charge in [-0.25, -0.2) is 0 Å². The lowest BCUT2D eigenvalue weighted by atomic mass is 9.85. The molecule has 0 N–H and O–H groups in total. The Bertz CT molecular complexity index is 1530. The number of rotatable bonds is 6. The normalized spacial score (nSPS) is 21.9. The number of methoxy groups -OCH3 is 1. The van der Waals surface area contributed by atoms with Crippen LogP contribution in [0.1, 0.15) is 80.1 Å². The molecule has 13 heteroatoms. The van der Waals surface area contributed by atoms with Crippen LogP contribution in [0.4, 0.5) is 19.0 Å². The second kappa shape index (κ2) is 11.8. The fraction of sp³-hybridized carbons (Fsp3) is 0.636. The molecule has 3 heterocycles. The molecule has 0 bridgehead atoms. The SMILES string of the molecule is COC1CN(C(=O)C2CCc3c(N4CCC(C(=O)OC(C)(C)C)CC4)nn(C(=O)c4c(Cl)cccc4C4(C(F)(F)F)CC4)c3C2)C1. The van der Waals surface area contributed by atoms with Gasteiger partial charge in [0.1, 0.15) is 5.60 Å². The van der Waals surface area contributed by atoms with E-state index in [-0.39, 0.29) is 59.3 Å². The molecule has 3 fully saturated rings. The summed E-state index contributed by atoms with van der Waals surface area (Å²) in [6, 6.07) is 4.19. The quantitative estimate of drug-likeness (QED) is 0.385. The lowest BCUT2D eigenvalue weighted by molar-refractivity contribution is -0.161. The Hall–Kier alpha value is -3.12. The average Bonchev–Trinajstić information content (AvgIpc) is 3.71. The predicted molar refractivity (Wildman–Crippen MR) is 164 cm³/mol. The molecular weight excluding hydrogens is 625 g/mol. The number of likely N-dealkylation sites (tertiary alicyclic amines) is 1. The van der Waals surface area contributed by atoms with Crippen molar-refractivity contribution in [1.82, 2.24) is 14.7 Å². The number of ether oxygens (including phenoxy) is 2. The fourth-order valence-corrected chi connectivity index (χ4v) is 7.29. The fourth-order valence-electron chi connectivity index (χ4n) is 7.04. The predicted octanol–water partition coefficient (Wildman–Crippen LogP) is 5.34. The van der Waals surface area contributed by atoms with E-state index in [2.05, 4.69) is 0 Å². The zero-order chi connectivity index (χ0) is 33.2. The van der Waals surface area contributed by atoms with Crippen molar-refractivity contribution in [2.75, 3.05) is 38.2 Å². The Morgan fingerprint density at radius 1 is 1.02 bits per heavy atom. The number of carbonyl (C=O) groups excluding carboxylic acids is 3. The highest BCUT2D eigenvalue weighted by molar-refractivity contribution is 6.34. The molecule has 2 aliphatic heterocycles. The van der Waals surface area contributed by atoms with E-state index in [0.29, 0.717) is 63.4 Å². The Morgan fingerprint density at radius 2 is 1.70 bits per heavy atom. The summed E-state index contributed by atoms with van der Waals surface area (Å²) in [5, 5.41) is 4.69. The van der Waals surface area contributed by atoms with Crippen LogP contribution in [0.25, 0.3) is 0 Å². The molecule has 2 aliphatic carbocycles. The number of esters is 1. The topological polar surface area (TPSA) is 94.0 Å². The van der Waals surface area contributed by atoms with E-state index in [9.17, 15) is 27.6 Å². The lowest BCUT2D eigenvalue weighted by Gasteiger charge is -2.40. The molecule has 2 aromatic rings. The van der Waals surface area contributed by atoms with Crippen LogP contribution >= 0.6 is 11.6 Å². The van der Waals surface area contributed by atoms with Gasteiger partial charge in [0, 0.05) is 51.2 Å². The van der Waals surface area contributed by atoms with Gasteiger partial charge in [0.2, 0.25) is 5.91 Å². The number of alkyl halides is 3. The summed E-state index contributed by atoms with van der Waals surface area (Å²) in [7, 11) is 1.61. The van der Waals surface area contributed by atoms with E-state index in [1.165, 1.54) is 22.9 Å². The molecule has 1 aromatic carbocycles. The third-order valence-corrected chi connectivity index (χ3v) is 10.2. The average molecular weight is 665 g/mol. The van der Waals surface area contributed by atoms with Crippen molar-refractivity contribution in [3.05, 3.63) is 45.6 Å². The smallest absolute Gasteiger partial charge is 0.398 e. The number of amides is 1. The minimum absolute atomic E-state index is 0.00700. The van der Waals surface area contributed by atoms with Crippen LogP contribution in [-0.4, -0.2) is 83.6 Å². The summed E-state index contributed by atoms with van der Waals surface area (Å²) in [5.41, 5.74) is -1.75. The summed E-state index contributed by atoms with van der Waals surface area (Å²) >= 11 is 6.51. The highest BCUT2D eigenvalue weighted by Crippen LogP contribution is 2.60. The van der Waals surface area contributed by atoms with Gasteiger partial charge in [0.25, 0.3) is 5.91 Å². The maximum atomic E-state index is 14.3. The first-order valence-electron chi connectivity index (χ1n) is 15.9. The van der Waals surface area contributed by atoms with E-state index in [1.807, 2.05) is 25.7 Å². The summed E-state index contributed by atoms with van der Waals surface area (Å²) in [5.74, 6) is -1.14. The summed E-state index contributed by atoms with van der Waals surface area (Å²) in [4.78, 5) is 44.3. The number of hydrogen-bond donors (Lipinski definition) is 0. The van der Waals surface area contributed by atoms with Crippen molar-refractivity contribution in [2.45, 2.75) is 89.0 Å². The van der Waals surface area contributed by atoms with Crippen molar-refractivity contribution in [1.29, 1.82) is 0 Å². The second-order valence-electron chi connectivity index (χ2n) is 14.0. The van der Waals surface area contributed by atoms with Gasteiger partial charge in [-0.2, -0.15) is 17.9 Å². The largest absolute Gasteiger partial charge is 0.460 e. The van der Waals surface area contributed by atoms with E-state index in [4.69, 9.17) is 26.2 Å². The van der Waals surface area contributed by atoms with Crippen molar-refractivity contribution in [2.24, 2.45) is 11.8 Å². The van der Waals surface area contributed by atoms with Gasteiger partial charge in [0.15, 0.2) is 5.82 Å². The highest BCUT2D eigenvalue weighted by Gasteiger charge is 2.65. The third kappa shape index (κ3) is 5.91. The standard InChI is InChI=1S/C33H40ClF3N4O5/c1-31(2,3)46-30(44)19-10-14-39(15-11-19)27-22-9-8-20(28(42)40-17-21(18-40)45-4)16-25(22)41(38-27)29(43)26-23(6-5-7-24(26)34)32(12-13-32)33(35,36)37/h5-7,19-21H,8-18H2,1-4H3. The van der Waals surface area contributed by atoms with Gasteiger partial charge in [-0.3, -0.25) is 14.4 Å². The van der Waals surface area contributed by atoms with Crippen LogP contribution in [0.5, 0.6) is 0 Å². The zero-order valence-electron chi connectivity index (χ0n) is 26.6. The first-order valence-corrected chi connectivity index (χ1v) is 16.3. The van der Waals surface area contributed by atoms with Crippen LogP contribution < -0.4 is 4.90 Å². The molecule has 1 saturated carbocycles. The van der Waals surface area contributed by atoms with Gasteiger partial charge in [-0.05, 0) is 70.9 Å². The molecule has 250 valence electrons. The Balaban J connectivity index is 1.34. The minimum atomic E-state index is -4.55.